The fourth-order valence-electron chi connectivity index (χ4n) is 2.76. The minimum absolute atomic E-state index is 0.428. The quantitative estimate of drug-likeness (QED) is 0.690. The summed E-state index contributed by atoms with van der Waals surface area (Å²) >= 11 is 0.428. The molecule has 2 saturated carbocycles. The standard InChI is InChI=1S/C12H22Te/c1-2-6-11(5-1)9-13-10-12-7-3-4-8-12/h11-12H,1-10H2. The molecule has 0 unspecified atom stereocenters. The molecule has 2 aliphatic carbocycles. The van der Waals surface area contributed by atoms with Crippen LogP contribution in [0.5, 0.6) is 0 Å². The van der Waals surface area contributed by atoms with Gasteiger partial charge in [0.2, 0.25) is 0 Å². The Morgan fingerprint density at radius 2 is 1.08 bits per heavy atom. The normalized spacial score (nSPS) is 25.8. The van der Waals surface area contributed by atoms with Crippen LogP contribution in [-0.4, -0.2) is 20.9 Å². The molecule has 0 bridgehead atoms. The van der Waals surface area contributed by atoms with Crippen molar-refractivity contribution in [1.82, 2.24) is 0 Å². The Bertz CT molecular complexity index is 116. The molecule has 13 heavy (non-hydrogen) atoms. The summed E-state index contributed by atoms with van der Waals surface area (Å²) in [6.45, 7) is 0. The fraction of sp³-hybridized carbons (Fsp3) is 1.00. The summed E-state index contributed by atoms with van der Waals surface area (Å²) in [5.74, 6) is 2.37. The van der Waals surface area contributed by atoms with E-state index in [4.69, 9.17) is 0 Å². The van der Waals surface area contributed by atoms with Crippen molar-refractivity contribution in [2.75, 3.05) is 0 Å². The average molecular weight is 294 g/mol. The van der Waals surface area contributed by atoms with Gasteiger partial charge in [0.15, 0.2) is 0 Å². The van der Waals surface area contributed by atoms with E-state index in [0.29, 0.717) is 20.9 Å². The molecule has 0 aromatic rings. The Morgan fingerprint density at radius 3 is 1.46 bits per heavy atom. The number of hydrogen-bond acceptors (Lipinski definition) is 0. The van der Waals surface area contributed by atoms with Gasteiger partial charge in [0.25, 0.3) is 0 Å². The summed E-state index contributed by atoms with van der Waals surface area (Å²) in [6.07, 6.45) is 12.5. The van der Waals surface area contributed by atoms with Gasteiger partial charge in [0, 0.05) is 0 Å². The van der Waals surface area contributed by atoms with E-state index in [9.17, 15) is 0 Å². The van der Waals surface area contributed by atoms with Crippen molar-refractivity contribution in [3.05, 3.63) is 0 Å². The molecule has 2 rings (SSSR count). The summed E-state index contributed by atoms with van der Waals surface area (Å²) in [7, 11) is 0. The molecule has 2 fully saturated rings. The summed E-state index contributed by atoms with van der Waals surface area (Å²) in [6, 6.07) is 0. The molecule has 0 aromatic heterocycles. The van der Waals surface area contributed by atoms with Crippen LogP contribution in [0.3, 0.4) is 0 Å². The monoisotopic (exact) mass is 296 g/mol. The van der Waals surface area contributed by atoms with Crippen LogP contribution in [0.15, 0.2) is 0 Å². The van der Waals surface area contributed by atoms with Crippen molar-refractivity contribution in [1.29, 1.82) is 0 Å². The zero-order valence-corrected chi connectivity index (χ0v) is 11.0. The summed E-state index contributed by atoms with van der Waals surface area (Å²) in [4.78, 5) is 0. The summed E-state index contributed by atoms with van der Waals surface area (Å²) < 4.78 is 3.36. The van der Waals surface area contributed by atoms with Gasteiger partial charge in [0.05, 0.1) is 0 Å². The van der Waals surface area contributed by atoms with E-state index < -0.39 is 0 Å². The first-order valence-corrected chi connectivity index (χ1v) is 9.32. The summed E-state index contributed by atoms with van der Waals surface area (Å²) in [5, 5.41) is 0. The molecule has 0 aliphatic heterocycles. The second kappa shape index (κ2) is 5.62. The first kappa shape index (κ1) is 10.3. The predicted molar refractivity (Wildman–Crippen MR) is 59.3 cm³/mol. The van der Waals surface area contributed by atoms with Gasteiger partial charge in [-0.2, -0.15) is 0 Å². The molecule has 0 saturated heterocycles. The van der Waals surface area contributed by atoms with Gasteiger partial charge in [-0.1, -0.05) is 0 Å². The van der Waals surface area contributed by atoms with Crippen molar-refractivity contribution >= 4 is 20.9 Å². The van der Waals surface area contributed by atoms with Crippen molar-refractivity contribution < 1.29 is 0 Å². The first-order valence-electron chi connectivity index (χ1n) is 6.03. The third kappa shape index (κ3) is 3.44. The van der Waals surface area contributed by atoms with Crippen LogP contribution in [0.1, 0.15) is 51.4 Å². The van der Waals surface area contributed by atoms with E-state index in [1.54, 1.807) is 60.3 Å². The molecule has 0 heterocycles. The molecule has 0 N–H and O–H groups in total. The van der Waals surface area contributed by atoms with E-state index in [-0.39, 0.29) is 0 Å². The molecular formula is C12H22Te. The maximum absolute atomic E-state index is 1.68. The number of hydrogen-bond donors (Lipinski definition) is 0. The van der Waals surface area contributed by atoms with Crippen LogP contribution in [0.4, 0.5) is 0 Å². The van der Waals surface area contributed by atoms with Crippen LogP contribution < -0.4 is 0 Å². The van der Waals surface area contributed by atoms with E-state index in [2.05, 4.69) is 0 Å². The van der Waals surface area contributed by atoms with Crippen molar-refractivity contribution in [3.63, 3.8) is 0 Å². The summed E-state index contributed by atoms with van der Waals surface area (Å²) in [5.41, 5.74) is 0. The maximum atomic E-state index is 1.68. The van der Waals surface area contributed by atoms with Gasteiger partial charge in [-0.15, -0.1) is 0 Å². The van der Waals surface area contributed by atoms with Gasteiger partial charge in [0.1, 0.15) is 0 Å². The van der Waals surface area contributed by atoms with Gasteiger partial charge < -0.3 is 0 Å². The number of rotatable bonds is 4. The van der Waals surface area contributed by atoms with E-state index >= 15 is 0 Å². The average Bonchev–Trinajstić information content (AvgIpc) is 2.75. The second-order valence-corrected chi connectivity index (χ2v) is 7.91. The minimum atomic E-state index is 0.428. The van der Waals surface area contributed by atoms with E-state index in [1.165, 1.54) is 11.8 Å². The van der Waals surface area contributed by atoms with Gasteiger partial charge in [-0.3, -0.25) is 0 Å². The molecule has 76 valence electrons. The second-order valence-electron chi connectivity index (χ2n) is 4.84. The Balaban J connectivity index is 1.52. The Labute approximate surface area is 92.9 Å². The van der Waals surface area contributed by atoms with Crippen molar-refractivity contribution in [2.45, 2.75) is 60.3 Å². The molecule has 2 aliphatic rings. The van der Waals surface area contributed by atoms with Crippen LogP contribution in [0.2, 0.25) is 8.94 Å². The van der Waals surface area contributed by atoms with E-state index in [1.807, 2.05) is 0 Å². The van der Waals surface area contributed by atoms with E-state index in [0.717, 1.165) is 0 Å². The molecule has 0 spiro atoms. The predicted octanol–water partition coefficient (Wildman–Crippen LogP) is 3.91. The van der Waals surface area contributed by atoms with Crippen molar-refractivity contribution in [3.8, 4) is 0 Å². The zero-order chi connectivity index (χ0) is 8.93. The van der Waals surface area contributed by atoms with Crippen LogP contribution in [0.25, 0.3) is 0 Å². The topological polar surface area (TPSA) is 0 Å². The molecule has 1 heteroatoms. The van der Waals surface area contributed by atoms with Gasteiger partial charge >= 0.3 is 93.1 Å². The first-order chi connectivity index (χ1) is 6.45. The van der Waals surface area contributed by atoms with Crippen LogP contribution >= 0.6 is 0 Å². The van der Waals surface area contributed by atoms with Gasteiger partial charge in [-0.25, -0.2) is 0 Å². The third-order valence-electron chi connectivity index (χ3n) is 3.66. The molecule has 0 nitrogen and oxygen atoms in total. The molecule has 0 aromatic carbocycles. The Hall–Kier alpha value is 0.790. The molecule has 0 amide bonds. The Morgan fingerprint density at radius 1 is 0.692 bits per heavy atom. The molecule has 0 atom stereocenters. The van der Waals surface area contributed by atoms with Crippen LogP contribution in [0, 0.1) is 11.8 Å². The third-order valence-corrected chi connectivity index (χ3v) is 7.69. The zero-order valence-electron chi connectivity index (χ0n) is 8.63. The van der Waals surface area contributed by atoms with Crippen LogP contribution in [-0.2, 0) is 0 Å². The molecule has 0 radical (unpaired) electrons. The Kier molecular flexibility index (Phi) is 4.46. The van der Waals surface area contributed by atoms with Crippen molar-refractivity contribution in [2.24, 2.45) is 11.8 Å². The van der Waals surface area contributed by atoms with Gasteiger partial charge in [-0.05, 0) is 0 Å². The fourth-order valence-corrected chi connectivity index (χ4v) is 6.95. The molecular weight excluding hydrogens is 272 g/mol. The SMILES string of the molecule is C1CCC(C[Te]CC2CCCC2)C1.